The van der Waals surface area contributed by atoms with Gasteiger partial charge >= 0.3 is 6.09 Å². The number of hydrogen-bond donors (Lipinski definition) is 1. The van der Waals surface area contributed by atoms with E-state index in [1.54, 1.807) is 0 Å². The van der Waals surface area contributed by atoms with Crippen LogP contribution in [-0.2, 0) is 4.74 Å². The van der Waals surface area contributed by atoms with Gasteiger partial charge in [0.25, 0.3) is 5.89 Å². The zero-order valence-electron chi connectivity index (χ0n) is 12.9. The lowest BCUT2D eigenvalue weighted by Gasteiger charge is -2.31. The average Bonchev–Trinajstić information content (AvgIpc) is 3.06. The van der Waals surface area contributed by atoms with Crippen LogP contribution >= 0.6 is 11.6 Å². The van der Waals surface area contributed by atoms with Crippen molar-refractivity contribution >= 4 is 17.7 Å². The fourth-order valence-corrected chi connectivity index (χ4v) is 2.57. The Morgan fingerprint density at radius 1 is 1.42 bits per heavy atom. The zero-order valence-corrected chi connectivity index (χ0v) is 13.7. The van der Waals surface area contributed by atoms with Gasteiger partial charge in [-0.2, -0.15) is 4.98 Å². The number of hydrogen-bond acceptors (Lipinski definition) is 7. The van der Waals surface area contributed by atoms with Crippen molar-refractivity contribution in [3.8, 4) is 11.5 Å². The van der Waals surface area contributed by atoms with Crippen molar-refractivity contribution in [3.63, 3.8) is 0 Å². The van der Waals surface area contributed by atoms with E-state index >= 15 is 0 Å². The maximum Gasteiger partial charge on any atom is 0.407 e. The number of likely N-dealkylation sites (tertiary alicyclic amines) is 1. The minimum Gasteiger partial charge on any atom is -0.465 e. The van der Waals surface area contributed by atoms with Crippen LogP contribution in [0.5, 0.6) is 0 Å². The number of carbonyl (C=O) groups is 1. The maximum atomic E-state index is 10.9. The second-order valence-electron chi connectivity index (χ2n) is 5.45. The summed E-state index contributed by atoms with van der Waals surface area (Å²) in [5, 5.41) is 13.0. The number of nitrogens with zero attached hydrogens (tertiary/aromatic N) is 5. The van der Waals surface area contributed by atoms with Gasteiger partial charge in [0.2, 0.25) is 11.1 Å². The van der Waals surface area contributed by atoms with E-state index in [1.807, 2.05) is 6.92 Å². The van der Waals surface area contributed by atoms with Gasteiger partial charge in [-0.25, -0.2) is 14.8 Å². The molecule has 10 heteroatoms. The van der Waals surface area contributed by atoms with Gasteiger partial charge in [0.05, 0.1) is 11.7 Å². The molecule has 1 aliphatic heterocycles. The van der Waals surface area contributed by atoms with E-state index in [4.69, 9.17) is 26.0 Å². The van der Waals surface area contributed by atoms with Crippen LogP contribution in [0, 0.1) is 0 Å². The zero-order chi connectivity index (χ0) is 17.1. The molecule has 0 unspecified atom stereocenters. The molecule has 0 aliphatic carbocycles. The lowest BCUT2D eigenvalue weighted by Crippen LogP contribution is -2.40. The quantitative estimate of drug-likeness (QED) is 0.833. The first-order valence-electron chi connectivity index (χ1n) is 7.48. The Kier molecular flexibility index (Phi) is 4.91. The highest BCUT2D eigenvalue weighted by Crippen LogP contribution is 2.24. The Hall–Kier alpha value is -2.26. The highest BCUT2D eigenvalue weighted by molar-refractivity contribution is 6.28. The van der Waals surface area contributed by atoms with Gasteiger partial charge in [-0.1, -0.05) is 5.16 Å². The van der Waals surface area contributed by atoms with Crippen LogP contribution < -0.4 is 0 Å². The number of amides is 1. The van der Waals surface area contributed by atoms with Crippen molar-refractivity contribution < 1.29 is 19.2 Å². The standard InChI is InChI=1S/C14H16ClN5O4/c1-8(23-10-2-4-20(5-3-10)14(21)22)11-18-12(24-19-11)9-6-16-13(15)17-7-9/h6-8,10H,2-5H2,1H3,(H,21,22)/t8-/m1/s1. The van der Waals surface area contributed by atoms with E-state index in [0.29, 0.717) is 37.3 Å². The Bertz CT molecular complexity index is 699. The second kappa shape index (κ2) is 7.10. The monoisotopic (exact) mass is 353 g/mol. The Labute approximate surface area is 142 Å². The number of carboxylic acid groups (broad SMARTS) is 1. The van der Waals surface area contributed by atoms with Crippen LogP contribution in [0.2, 0.25) is 5.28 Å². The van der Waals surface area contributed by atoms with Crippen LogP contribution in [0.15, 0.2) is 16.9 Å². The largest absolute Gasteiger partial charge is 0.465 e. The smallest absolute Gasteiger partial charge is 0.407 e. The van der Waals surface area contributed by atoms with Crippen molar-refractivity contribution in [1.29, 1.82) is 0 Å². The number of halogens is 1. The van der Waals surface area contributed by atoms with Crippen LogP contribution in [0.4, 0.5) is 4.79 Å². The summed E-state index contributed by atoms with van der Waals surface area (Å²) in [5.74, 6) is 0.707. The molecule has 1 saturated heterocycles. The normalized spacial score (nSPS) is 17.0. The topological polar surface area (TPSA) is 114 Å². The summed E-state index contributed by atoms with van der Waals surface area (Å²) in [6, 6.07) is 0. The van der Waals surface area contributed by atoms with E-state index in [1.165, 1.54) is 17.3 Å². The van der Waals surface area contributed by atoms with E-state index in [-0.39, 0.29) is 23.4 Å². The van der Waals surface area contributed by atoms with Gasteiger partial charge in [0, 0.05) is 25.5 Å². The molecule has 1 aliphatic rings. The molecule has 0 aromatic carbocycles. The van der Waals surface area contributed by atoms with Crippen molar-refractivity contribution in [2.45, 2.75) is 32.0 Å². The summed E-state index contributed by atoms with van der Waals surface area (Å²) < 4.78 is 11.1. The van der Waals surface area contributed by atoms with Crippen molar-refractivity contribution in [3.05, 3.63) is 23.5 Å². The van der Waals surface area contributed by atoms with E-state index in [9.17, 15) is 4.79 Å². The molecule has 1 fully saturated rings. The summed E-state index contributed by atoms with van der Waals surface area (Å²) in [6.45, 7) is 2.76. The molecular weight excluding hydrogens is 338 g/mol. The lowest BCUT2D eigenvalue weighted by atomic mass is 10.1. The first-order valence-corrected chi connectivity index (χ1v) is 7.85. The Morgan fingerprint density at radius 3 is 2.71 bits per heavy atom. The summed E-state index contributed by atoms with van der Waals surface area (Å²) in [5.41, 5.74) is 0.570. The molecule has 0 saturated carbocycles. The number of piperidine rings is 1. The van der Waals surface area contributed by atoms with Gasteiger partial charge in [0.15, 0.2) is 0 Å². The summed E-state index contributed by atoms with van der Waals surface area (Å²) >= 11 is 5.64. The third kappa shape index (κ3) is 3.80. The molecule has 0 spiro atoms. The molecule has 9 nitrogen and oxygen atoms in total. The van der Waals surface area contributed by atoms with E-state index in [0.717, 1.165) is 0 Å². The molecule has 128 valence electrons. The third-order valence-electron chi connectivity index (χ3n) is 3.78. The van der Waals surface area contributed by atoms with Crippen molar-refractivity contribution in [2.24, 2.45) is 0 Å². The average molecular weight is 354 g/mol. The van der Waals surface area contributed by atoms with Gasteiger partial charge in [-0.15, -0.1) is 0 Å². The van der Waals surface area contributed by atoms with Gasteiger partial charge in [-0.05, 0) is 31.4 Å². The molecule has 2 aromatic rings. The molecule has 0 radical (unpaired) electrons. The third-order valence-corrected chi connectivity index (χ3v) is 3.98. The fraction of sp³-hybridized carbons (Fsp3) is 0.500. The molecule has 1 atom stereocenters. The maximum absolute atomic E-state index is 10.9. The van der Waals surface area contributed by atoms with Gasteiger partial charge < -0.3 is 19.3 Å². The highest BCUT2D eigenvalue weighted by atomic mass is 35.5. The molecule has 3 heterocycles. The predicted octanol–water partition coefficient (Wildman–Crippen LogP) is 2.40. The lowest BCUT2D eigenvalue weighted by molar-refractivity contribution is -0.0373. The molecule has 2 aromatic heterocycles. The van der Waals surface area contributed by atoms with E-state index in [2.05, 4.69) is 20.1 Å². The summed E-state index contributed by atoms with van der Waals surface area (Å²) in [7, 11) is 0. The van der Waals surface area contributed by atoms with Crippen LogP contribution in [0.3, 0.4) is 0 Å². The van der Waals surface area contributed by atoms with Crippen LogP contribution in [0.25, 0.3) is 11.5 Å². The van der Waals surface area contributed by atoms with Crippen LogP contribution in [0.1, 0.15) is 31.7 Å². The number of ether oxygens (including phenoxy) is 1. The Morgan fingerprint density at radius 2 is 2.08 bits per heavy atom. The van der Waals surface area contributed by atoms with Crippen molar-refractivity contribution in [2.75, 3.05) is 13.1 Å². The van der Waals surface area contributed by atoms with Gasteiger partial charge in [0.1, 0.15) is 6.10 Å². The molecule has 1 N–H and O–H groups in total. The molecule has 1 amide bonds. The first-order chi connectivity index (χ1) is 11.5. The van der Waals surface area contributed by atoms with E-state index < -0.39 is 6.09 Å². The number of aromatic nitrogens is 4. The fourth-order valence-electron chi connectivity index (χ4n) is 2.47. The molecule has 24 heavy (non-hydrogen) atoms. The number of rotatable bonds is 4. The Balaban J connectivity index is 1.59. The summed E-state index contributed by atoms with van der Waals surface area (Å²) in [4.78, 5) is 24.3. The molecular formula is C14H16ClN5O4. The SMILES string of the molecule is C[C@@H](OC1CCN(C(=O)O)CC1)c1noc(-c2cnc(Cl)nc2)n1. The van der Waals surface area contributed by atoms with Crippen molar-refractivity contribution in [1.82, 2.24) is 25.0 Å². The summed E-state index contributed by atoms with van der Waals surface area (Å²) in [6.07, 6.45) is 3.00. The first kappa shape index (κ1) is 16.6. The predicted molar refractivity (Wildman–Crippen MR) is 82.5 cm³/mol. The minimum absolute atomic E-state index is 0.0311. The van der Waals surface area contributed by atoms with Gasteiger partial charge in [-0.3, -0.25) is 0 Å². The van der Waals surface area contributed by atoms with Crippen LogP contribution in [-0.4, -0.2) is 55.4 Å². The minimum atomic E-state index is -0.894. The molecule has 3 rings (SSSR count). The second-order valence-corrected chi connectivity index (χ2v) is 5.78. The highest BCUT2D eigenvalue weighted by Gasteiger charge is 2.26. The molecule has 0 bridgehead atoms.